The van der Waals surface area contributed by atoms with Crippen molar-refractivity contribution in [3.8, 4) is 0 Å². The van der Waals surface area contributed by atoms with Gasteiger partial charge in [-0.15, -0.1) is 0 Å². The number of hydrogen-bond donors (Lipinski definition) is 3. The molecule has 19 heavy (non-hydrogen) atoms. The zero-order valence-electron chi connectivity index (χ0n) is 10.4. The predicted octanol–water partition coefficient (Wildman–Crippen LogP) is 1.41. The van der Waals surface area contributed by atoms with E-state index in [-0.39, 0.29) is 22.8 Å². The molecule has 1 aromatic rings. The number of para-hydroxylation sites is 1. The zero-order chi connectivity index (χ0) is 13.8. The number of nitrogens with one attached hydrogen (secondary N) is 2. The average Bonchev–Trinajstić information content (AvgIpc) is 3.21. The van der Waals surface area contributed by atoms with Crippen molar-refractivity contribution in [2.24, 2.45) is 11.8 Å². The van der Waals surface area contributed by atoms with Crippen LogP contribution >= 0.6 is 0 Å². The molecule has 0 bridgehead atoms. The van der Waals surface area contributed by atoms with Gasteiger partial charge in [-0.1, -0.05) is 18.9 Å². The maximum atomic E-state index is 12.0. The van der Waals surface area contributed by atoms with Crippen molar-refractivity contribution in [3.05, 3.63) is 33.9 Å². The quantitative estimate of drug-likeness (QED) is 0.409. The Hall–Kier alpha value is -2.15. The molecule has 1 fully saturated rings. The molecule has 0 aliphatic heterocycles. The van der Waals surface area contributed by atoms with Gasteiger partial charge in [0.15, 0.2) is 0 Å². The number of carbonyl (C=O) groups is 1. The first-order valence-corrected chi connectivity index (χ1v) is 6.15. The number of nitro groups is 1. The molecule has 1 saturated carbocycles. The number of hydrazine groups is 1. The van der Waals surface area contributed by atoms with Crippen molar-refractivity contribution in [2.45, 2.75) is 19.3 Å². The summed E-state index contributed by atoms with van der Waals surface area (Å²) in [6.07, 6.45) is 3.40. The van der Waals surface area contributed by atoms with Gasteiger partial charge in [0, 0.05) is 12.6 Å². The van der Waals surface area contributed by atoms with Crippen LogP contribution in [0.15, 0.2) is 18.2 Å². The van der Waals surface area contributed by atoms with Gasteiger partial charge in [-0.2, -0.15) is 0 Å². The van der Waals surface area contributed by atoms with Crippen molar-refractivity contribution >= 4 is 17.3 Å². The Balaban J connectivity index is 2.10. The Bertz CT molecular complexity index is 500. The third kappa shape index (κ3) is 3.19. The summed E-state index contributed by atoms with van der Waals surface area (Å²) in [6, 6.07) is 4.28. The summed E-state index contributed by atoms with van der Waals surface area (Å²) in [5.74, 6) is 5.65. The first-order chi connectivity index (χ1) is 9.13. The molecular weight excluding hydrogens is 248 g/mol. The fourth-order valence-electron chi connectivity index (χ4n) is 1.92. The molecule has 1 aromatic carbocycles. The van der Waals surface area contributed by atoms with E-state index in [2.05, 4.69) is 10.7 Å². The zero-order valence-corrected chi connectivity index (χ0v) is 10.4. The number of nitrogens with two attached hydrogens (primary N) is 1. The summed E-state index contributed by atoms with van der Waals surface area (Å²) in [5, 5.41) is 13.6. The lowest BCUT2D eigenvalue weighted by Crippen LogP contribution is -2.26. The van der Waals surface area contributed by atoms with Crippen LogP contribution in [-0.2, 0) is 0 Å². The van der Waals surface area contributed by atoms with Crippen LogP contribution in [0, 0.1) is 16.0 Å². The fraction of sp³-hybridized carbons (Fsp3) is 0.417. The summed E-state index contributed by atoms with van der Waals surface area (Å²) < 4.78 is 0. The second-order valence-corrected chi connectivity index (χ2v) is 4.59. The van der Waals surface area contributed by atoms with Crippen LogP contribution in [0.1, 0.15) is 29.6 Å². The van der Waals surface area contributed by atoms with Crippen LogP contribution in [0.5, 0.6) is 0 Å². The number of amides is 1. The number of benzene rings is 1. The number of nitrogen functional groups attached to an aromatic ring is 1. The Kier molecular flexibility index (Phi) is 3.96. The summed E-state index contributed by atoms with van der Waals surface area (Å²) in [7, 11) is 0. The summed E-state index contributed by atoms with van der Waals surface area (Å²) in [4.78, 5) is 22.2. The predicted molar refractivity (Wildman–Crippen MR) is 70.6 cm³/mol. The van der Waals surface area contributed by atoms with Crippen LogP contribution < -0.4 is 16.6 Å². The summed E-state index contributed by atoms with van der Waals surface area (Å²) in [5.41, 5.74) is 2.25. The second-order valence-electron chi connectivity index (χ2n) is 4.59. The van der Waals surface area contributed by atoms with E-state index in [0.717, 1.165) is 12.3 Å². The molecule has 1 aliphatic rings. The van der Waals surface area contributed by atoms with Crippen LogP contribution in [0.2, 0.25) is 0 Å². The first kappa shape index (κ1) is 13.3. The number of nitro benzene ring substituents is 1. The average molecular weight is 264 g/mol. The third-order valence-corrected chi connectivity index (χ3v) is 3.16. The van der Waals surface area contributed by atoms with Crippen LogP contribution in [0.25, 0.3) is 0 Å². The monoisotopic (exact) mass is 264 g/mol. The minimum atomic E-state index is -0.573. The molecular formula is C12H16N4O3. The molecule has 0 saturated heterocycles. The molecule has 0 heterocycles. The van der Waals surface area contributed by atoms with Crippen LogP contribution in [0.4, 0.5) is 11.4 Å². The van der Waals surface area contributed by atoms with E-state index in [1.807, 2.05) is 0 Å². The lowest BCUT2D eigenvalue weighted by molar-refractivity contribution is -0.384. The Morgan fingerprint density at radius 2 is 2.21 bits per heavy atom. The molecule has 4 N–H and O–H groups in total. The minimum Gasteiger partial charge on any atom is -0.352 e. The molecule has 1 aliphatic carbocycles. The maximum Gasteiger partial charge on any atom is 0.294 e. The van der Waals surface area contributed by atoms with Crippen LogP contribution in [-0.4, -0.2) is 17.4 Å². The first-order valence-electron chi connectivity index (χ1n) is 6.15. The molecule has 0 unspecified atom stereocenters. The topological polar surface area (TPSA) is 110 Å². The van der Waals surface area contributed by atoms with E-state index in [1.54, 1.807) is 0 Å². The Morgan fingerprint density at radius 3 is 2.79 bits per heavy atom. The minimum absolute atomic E-state index is 0.0384. The molecule has 0 aromatic heterocycles. The number of rotatable bonds is 6. The van der Waals surface area contributed by atoms with Crippen molar-refractivity contribution in [3.63, 3.8) is 0 Å². The van der Waals surface area contributed by atoms with E-state index in [0.29, 0.717) is 6.54 Å². The van der Waals surface area contributed by atoms with Gasteiger partial charge in [0.2, 0.25) is 0 Å². The van der Waals surface area contributed by atoms with Gasteiger partial charge < -0.3 is 10.7 Å². The normalized spacial score (nSPS) is 13.9. The molecule has 7 heteroatoms. The fourth-order valence-corrected chi connectivity index (χ4v) is 1.92. The molecule has 1 amide bonds. The molecule has 0 radical (unpaired) electrons. The maximum absolute atomic E-state index is 12.0. The van der Waals surface area contributed by atoms with Crippen molar-refractivity contribution in [2.75, 3.05) is 12.0 Å². The molecule has 0 atom stereocenters. The number of carbonyl (C=O) groups excluding carboxylic acids is 1. The summed E-state index contributed by atoms with van der Waals surface area (Å²) >= 11 is 0. The van der Waals surface area contributed by atoms with E-state index in [1.165, 1.54) is 31.0 Å². The second kappa shape index (κ2) is 5.66. The van der Waals surface area contributed by atoms with E-state index in [4.69, 9.17) is 5.84 Å². The van der Waals surface area contributed by atoms with Gasteiger partial charge in [0.25, 0.3) is 11.6 Å². The lowest BCUT2D eigenvalue weighted by atomic mass is 10.1. The highest BCUT2D eigenvalue weighted by molar-refractivity contribution is 6.01. The van der Waals surface area contributed by atoms with E-state index < -0.39 is 4.92 Å². The van der Waals surface area contributed by atoms with Gasteiger partial charge in [0.05, 0.1) is 10.5 Å². The number of nitrogens with zero attached hydrogens (tertiary/aromatic N) is 1. The van der Waals surface area contributed by atoms with Gasteiger partial charge in [0.1, 0.15) is 5.69 Å². The van der Waals surface area contributed by atoms with Gasteiger partial charge in [-0.05, 0) is 18.4 Å². The molecule has 0 spiro atoms. The Labute approximate surface area is 110 Å². The van der Waals surface area contributed by atoms with Crippen molar-refractivity contribution in [1.82, 2.24) is 5.32 Å². The van der Waals surface area contributed by atoms with Crippen LogP contribution in [0.3, 0.4) is 0 Å². The lowest BCUT2D eigenvalue weighted by Gasteiger charge is -2.09. The number of anilines is 1. The molecule has 2 rings (SSSR count). The van der Waals surface area contributed by atoms with Gasteiger partial charge in [-0.25, -0.2) is 0 Å². The Morgan fingerprint density at radius 1 is 1.47 bits per heavy atom. The van der Waals surface area contributed by atoms with Crippen molar-refractivity contribution in [1.29, 1.82) is 0 Å². The smallest absolute Gasteiger partial charge is 0.294 e. The molecule has 7 nitrogen and oxygen atoms in total. The summed E-state index contributed by atoms with van der Waals surface area (Å²) in [6.45, 7) is 0.580. The SMILES string of the molecule is NNc1c(C(=O)NCCC2CC2)cccc1[N+](=O)[O-]. The molecule has 102 valence electrons. The van der Waals surface area contributed by atoms with Gasteiger partial charge >= 0.3 is 0 Å². The third-order valence-electron chi connectivity index (χ3n) is 3.16. The van der Waals surface area contributed by atoms with Crippen molar-refractivity contribution < 1.29 is 9.72 Å². The number of hydrogen-bond acceptors (Lipinski definition) is 5. The van der Waals surface area contributed by atoms with Gasteiger partial charge in [-0.3, -0.25) is 20.8 Å². The largest absolute Gasteiger partial charge is 0.352 e. The van der Waals surface area contributed by atoms with E-state index >= 15 is 0 Å². The highest BCUT2D eigenvalue weighted by Crippen LogP contribution is 2.32. The highest BCUT2D eigenvalue weighted by Gasteiger charge is 2.23. The van der Waals surface area contributed by atoms with E-state index in [9.17, 15) is 14.9 Å². The standard InChI is InChI=1S/C12H16N4O3/c13-15-11-9(2-1-3-10(11)16(18)19)12(17)14-7-6-8-4-5-8/h1-3,8,15H,4-7,13H2,(H,14,17). The highest BCUT2D eigenvalue weighted by atomic mass is 16.6.